The van der Waals surface area contributed by atoms with E-state index in [0.717, 1.165) is 39.2 Å². The zero-order valence-electron chi connectivity index (χ0n) is 22.9. The third-order valence-corrected chi connectivity index (χ3v) is 10.0. The number of sulfonamides is 1. The average molecular weight is 590 g/mol. The lowest BCUT2D eigenvalue weighted by molar-refractivity contribution is 0.0730. The Hall–Kier alpha value is -3.64. The van der Waals surface area contributed by atoms with Gasteiger partial charge in [0.25, 0.3) is 0 Å². The summed E-state index contributed by atoms with van der Waals surface area (Å²) < 4.78 is 43.1. The first-order valence-electron chi connectivity index (χ1n) is 13.5. The largest absolute Gasteiger partial charge is 0.497 e. The first-order chi connectivity index (χ1) is 20.0. The normalized spacial score (nSPS) is 14.5. The number of aromatic nitrogens is 4. The molecular formula is C30H31N5O4S2. The van der Waals surface area contributed by atoms with Crippen molar-refractivity contribution in [1.82, 2.24) is 23.4 Å². The highest BCUT2D eigenvalue weighted by atomic mass is 32.2. The fraction of sp³-hybridized carbons (Fsp3) is 0.267. The van der Waals surface area contributed by atoms with Gasteiger partial charge in [-0.25, -0.2) is 18.4 Å². The van der Waals surface area contributed by atoms with Crippen molar-refractivity contribution >= 4 is 32.8 Å². The predicted octanol–water partition coefficient (Wildman–Crippen LogP) is 5.23. The summed E-state index contributed by atoms with van der Waals surface area (Å²) >= 11 is 1.59. The summed E-state index contributed by atoms with van der Waals surface area (Å²) in [5, 5.41) is 0.822. The number of imidazole rings is 2. The van der Waals surface area contributed by atoms with Gasteiger partial charge in [-0.3, -0.25) is 4.57 Å². The maximum Gasteiger partial charge on any atom is 0.243 e. The molecule has 1 aliphatic heterocycles. The number of fused-ring (bicyclic) bond motifs is 1. The maximum absolute atomic E-state index is 13.3. The number of nitrogens with zero attached hydrogens (tertiary/aromatic N) is 5. The SMILES string of the molecule is CCn1c(CSc2ncc(-c3ccccc3)n2-c2cccc(OC)c2)nc2cc(S(=O)(=O)N3CCOCC3)ccc21. The van der Waals surface area contributed by atoms with Gasteiger partial charge in [-0.2, -0.15) is 4.31 Å². The van der Waals surface area contributed by atoms with E-state index in [1.165, 1.54) is 4.31 Å². The van der Waals surface area contributed by atoms with Crippen LogP contribution in [0, 0.1) is 0 Å². The molecule has 6 rings (SSSR count). The van der Waals surface area contributed by atoms with Crippen molar-refractivity contribution in [2.24, 2.45) is 0 Å². The molecule has 0 amide bonds. The van der Waals surface area contributed by atoms with Gasteiger partial charge in [-0.05, 0) is 37.3 Å². The number of methoxy groups -OCH3 is 1. The first kappa shape index (κ1) is 27.5. The first-order valence-corrected chi connectivity index (χ1v) is 15.9. The molecule has 2 aromatic heterocycles. The van der Waals surface area contributed by atoms with Crippen LogP contribution in [-0.2, 0) is 27.1 Å². The molecule has 11 heteroatoms. The Morgan fingerprint density at radius 1 is 1.00 bits per heavy atom. The van der Waals surface area contributed by atoms with E-state index in [1.54, 1.807) is 31.0 Å². The van der Waals surface area contributed by atoms with Crippen molar-refractivity contribution in [2.75, 3.05) is 33.4 Å². The molecule has 0 unspecified atom stereocenters. The molecule has 0 N–H and O–H groups in total. The maximum atomic E-state index is 13.3. The van der Waals surface area contributed by atoms with Crippen molar-refractivity contribution in [3.05, 3.63) is 84.8 Å². The van der Waals surface area contributed by atoms with E-state index >= 15 is 0 Å². The van der Waals surface area contributed by atoms with E-state index < -0.39 is 10.0 Å². The zero-order valence-corrected chi connectivity index (χ0v) is 24.6. The van der Waals surface area contributed by atoms with Crippen molar-refractivity contribution in [3.8, 4) is 22.7 Å². The molecule has 41 heavy (non-hydrogen) atoms. The van der Waals surface area contributed by atoms with Crippen LogP contribution < -0.4 is 4.74 Å². The highest BCUT2D eigenvalue weighted by Crippen LogP contribution is 2.33. The molecule has 0 spiro atoms. The fourth-order valence-electron chi connectivity index (χ4n) is 5.10. The molecule has 0 aliphatic carbocycles. The van der Waals surface area contributed by atoms with Gasteiger partial charge in [0, 0.05) is 31.3 Å². The van der Waals surface area contributed by atoms with E-state index in [-0.39, 0.29) is 4.90 Å². The number of hydrogen-bond donors (Lipinski definition) is 0. The van der Waals surface area contributed by atoms with Crippen LogP contribution in [0.1, 0.15) is 12.7 Å². The van der Waals surface area contributed by atoms with E-state index in [0.29, 0.717) is 44.1 Å². The molecule has 9 nitrogen and oxygen atoms in total. The number of benzene rings is 3. The molecule has 0 saturated carbocycles. The van der Waals surface area contributed by atoms with Crippen LogP contribution in [0.5, 0.6) is 5.75 Å². The second-order valence-electron chi connectivity index (χ2n) is 9.56. The molecule has 3 aromatic carbocycles. The average Bonchev–Trinajstić information content (AvgIpc) is 3.61. The Morgan fingerprint density at radius 2 is 1.80 bits per heavy atom. The minimum atomic E-state index is -3.61. The van der Waals surface area contributed by atoms with Crippen molar-refractivity contribution in [3.63, 3.8) is 0 Å². The minimum Gasteiger partial charge on any atom is -0.497 e. The lowest BCUT2D eigenvalue weighted by atomic mass is 10.1. The number of morpholine rings is 1. The van der Waals surface area contributed by atoms with Gasteiger partial charge in [0.1, 0.15) is 11.6 Å². The number of thioether (sulfide) groups is 1. The highest BCUT2D eigenvalue weighted by molar-refractivity contribution is 7.98. The van der Waals surface area contributed by atoms with Crippen LogP contribution in [-0.4, -0.2) is 65.2 Å². The Kier molecular flexibility index (Phi) is 7.85. The molecule has 0 radical (unpaired) electrons. The predicted molar refractivity (Wildman–Crippen MR) is 160 cm³/mol. The van der Waals surface area contributed by atoms with Crippen LogP contribution in [0.25, 0.3) is 28.0 Å². The van der Waals surface area contributed by atoms with Crippen LogP contribution in [0.4, 0.5) is 0 Å². The van der Waals surface area contributed by atoms with Gasteiger partial charge in [-0.1, -0.05) is 48.2 Å². The molecule has 1 fully saturated rings. The highest BCUT2D eigenvalue weighted by Gasteiger charge is 2.27. The molecular weight excluding hydrogens is 558 g/mol. The van der Waals surface area contributed by atoms with Gasteiger partial charge in [-0.15, -0.1) is 0 Å². The van der Waals surface area contributed by atoms with Gasteiger partial charge in [0.2, 0.25) is 10.0 Å². The van der Waals surface area contributed by atoms with Crippen LogP contribution >= 0.6 is 11.8 Å². The summed E-state index contributed by atoms with van der Waals surface area (Å²) in [6, 6.07) is 23.3. The molecule has 212 valence electrons. The summed E-state index contributed by atoms with van der Waals surface area (Å²) in [5.41, 5.74) is 4.56. The Bertz CT molecular complexity index is 1780. The Morgan fingerprint density at radius 3 is 2.56 bits per heavy atom. The molecule has 0 bridgehead atoms. The summed E-state index contributed by atoms with van der Waals surface area (Å²) in [6.07, 6.45) is 1.89. The summed E-state index contributed by atoms with van der Waals surface area (Å²) in [5.74, 6) is 2.18. The summed E-state index contributed by atoms with van der Waals surface area (Å²) in [4.78, 5) is 9.95. The van der Waals surface area contributed by atoms with Gasteiger partial charge in [0.05, 0.1) is 59.6 Å². The van der Waals surface area contributed by atoms with Crippen molar-refractivity contribution in [1.29, 1.82) is 0 Å². The monoisotopic (exact) mass is 589 g/mol. The van der Waals surface area contributed by atoms with Gasteiger partial charge >= 0.3 is 0 Å². The minimum absolute atomic E-state index is 0.257. The van der Waals surface area contributed by atoms with E-state index in [4.69, 9.17) is 19.4 Å². The molecule has 0 atom stereocenters. The van der Waals surface area contributed by atoms with Gasteiger partial charge in [0.15, 0.2) is 5.16 Å². The standard InChI is InChI=1S/C30H31N5O4S2/c1-3-34-27-13-12-25(41(36,37)33-14-16-39-17-15-33)19-26(27)32-29(34)21-40-30-31-20-28(22-8-5-4-6-9-22)35(30)23-10-7-11-24(18-23)38-2/h4-13,18-20H,3,14-17,21H2,1-2H3. The summed E-state index contributed by atoms with van der Waals surface area (Å²) in [7, 11) is -1.95. The molecule has 1 aliphatic rings. The van der Waals surface area contributed by atoms with Crippen LogP contribution in [0.3, 0.4) is 0 Å². The third kappa shape index (κ3) is 5.38. The zero-order chi connectivity index (χ0) is 28.4. The number of ether oxygens (including phenoxy) is 2. The quantitative estimate of drug-likeness (QED) is 0.218. The van der Waals surface area contributed by atoms with Gasteiger partial charge < -0.3 is 14.0 Å². The fourth-order valence-corrected chi connectivity index (χ4v) is 7.46. The topological polar surface area (TPSA) is 91.5 Å². The van der Waals surface area contributed by atoms with Crippen LogP contribution in [0.15, 0.2) is 89.0 Å². The molecule has 3 heterocycles. The summed E-state index contributed by atoms with van der Waals surface area (Å²) in [6.45, 7) is 4.31. The second-order valence-corrected chi connectivity index (χ2v) is 12.4. The van der Waals surface area contributed by atoms with Crippen molar-refractivity contribution in [2.45, 2.75) is 29.3 Å². The number of rotatable bonds is 9. The number of aryl methyl sites for hydroxylation is 1. The smallest absolute Gasteiger partial charge is 0.243 e. The lowest BCUT2D eigenvalue weighted by Gasteiger charge is -2.26. The number of hydrogen-bond acceptors (Lipinski definition) is 7. The lowest BCUT2D eigenvalue weighted by Crippen LogP contribution is -2.40. The van der Waals surface area contributed by atoms with E-state index in [2.05, 4.69) is 28.2 Å². The van der Waals surface area contributed by atoms with Crippen molar-refractivity contribution < 1.29 is 17.9 Å². The Balaban J connectivity index is 1.34. The second kappa shape index (κ2) is 11.7. The molecule has 5 aromatic rings. The Labute approximate surface area is 243 Å². The van der Waals surface area contributed by atoms with Crippen LogP contribution in [0.2, 0.25) is 0 Å². The molecule has 1 saturated heterocycles. The van der Waals surface area contributed by atoms with E-state index in [1.807, 2.05) is 54.7 Å². The van der Waals surface area contributed by atoms with E-state index in [9.17, 15) is 8.42 Å². The third-order valence-electron chi connectivity index (χ3n) is 7.16.